The highest BCUT2D eigenvalue weighted by Crippen LogP contribution is 2.30. The molecule has 0 fully saturated rings. The Hall–Kier alpha value is -1.47. The lowest BCUT2D eigenvalue weighted by Gasteiger charge is -2.14. The zero-order chi connectivity index (χ0) is 13.4. The van der Waals surface area contributed by atoms with Crippen LogP contribution in [0, 0.1) is 29.1 Å². The van der Waals surface area contributed by atoms with Gasteiger partial charge in [-0.3, -0.25) is 0 Å². The minimum absolute atomic E-state index is 0.281. The Bertz CT molecular complexity index is 553. The lowest BCUT2D eigenvalue weighted by Crippen LogP contribution is -2.18. The summed E-state index contributed by atoms with van der Waals surface area (Å²) in [5.74, 6) is -9.97. The minimum atomic E-state index is -2.19. The predicted molar refractivity (Wildman–Crippen MR) is 56.6 cm³/mol. The van der Waals surface area contributed by atoms with Gasteiger partial charge in [0.25, 0.3) is 0 Å². The van der Waals surface area contributed by atoms with Gasteiger partial charge >= 0.3 is 0 Å². The second kappa shape index (κ2) is 4.66. The van der Waals surface area contributed by atoms with Crippen molar-refractivity contribution in [2.45, 2.75) is 6.04 Å². The van der Waals surface area contributed by atoms with Crippen LogP contribution in [0.5, 0.6) is 0 Å². The van der Waals surface area contributed by atoms with E-state index in [-0.39, 0.29) is 5.56 Å². The number of halogens is 5. The van der Waals surface area contributed by atoms with E-state index in [9.17, 15) is 22.0 Å². The summed E-state index contributed by atoms with van der Waals surface area (Å²) in [5, 5.41) is 3.06. The average Bonchev–Trinajstić information content (AvgIpc) is 2.88. The number of rotatable bonds is 2. The highest BCUT2D eigenvalue weighted by atomic mass is 32.1. The Labute approximate surface area is 103 Å². The summed E-state index contributed by atoms with van der Waals surface area (Å²) < 4.78 is 65.7. The second-order valence-electron chi connectivity index (χ2n) is 3.52. The van der Waals surface area contributed by atoms with Crippen molar-refractivity contribution >= 4 is 11.3 Å². The fourth-order valence-electron chi connectivity index (χ4n) is 1.51. The molecule has 7 heteroatoms. The van der Waals surface area contributed by atoms with Crippen molar-refractivity contribution in [1.29, 1.82) is 0 Å². The molecular formula is C11H6F5NS. The fraction of sp³-hybridized carbons (Fsp3) is 0.0909. The van der Waals surface area contributed by atoms with Gasteiger partial charge in [0.15, 0.2) is 23.3 Å². The summed E-state index contributed by atoms with van der Waals surface area (Å²) in [5.41, 5.74) is 4.78. The van der Waals surface area contributed by atoms with Crippen LogP contribution in [-0.4, -0.2) is 0 Å². The first kappa shape index (κ1) is 13.0. The van der Waals surface area contributed by atoms with Crippen LogP contribution in [0.4, 0.5) is 22.0 Å². The van der Waals surface area contributed by atoms with Crippen molar-refractivity contribution in [2.24, 2.45) is 5.73 Å². The maximum Gasteiger partial charge on any atom is 0.200 e. The number of hydrogen-bond donors (Lipinski definition) is 1. The molecule has 0 aliphatic heterocycles. The van der Waals surface area contributed by atoms with Gasteiger partial charge in [0.05, 0.1) is 11.6 Å². The molecule has 2 rings (SSSR count). The van der Waals surface area contributed by atoms with Gasteiger partial charge in [-0.25, -0.2) is 22.0 Å². The summed E-state index contributed by atoms with van der Waals surface area (Å²) in [6, 6.07) is 0.0498. The van der Waals surface area contributed by atoms with E-state index < -0.39 is 40.7 Å². The first-order valence-corrected chi connectivity index (χ1v) is 5.68. The molecule has 0 amide bonds. The van der Waals surface area contributed by atoms with Crippen LogP contribution in [0.3, 0.4) is 0 Å². The lowest BCUT2D eigenvalue weighted by molar-refractivity contribution is 0.367. The summed E-state index contributed by atoms with van der Waals surface area (Å²) in [6.45, 7) is 0. The van der Waals surface area contributed by atoms with Crippen LogP contribution in [0.25, 0.3) is 0 Å². The van der Waals surface area contributed by atoms with Crippen molar-refractivity contribution in [2.75, 3.05) is 0 Å². The summed E-state index contributed by atoms with van der Waals surface area (Å²) in [4.78, 5) is 0. The molecule has 1 nitrogen and oxygen atoms in total. The largest absolute Gasteiger partial charge is 0.320 e. The lowest BCUT2D eigenvalue weighted by atomic mass is 10.0. The summed E-state index contributed by atoms with van der Waals surface area (Å²) >= 11 is 1.20. The maximum atomic E-state index is 13.4. The van der Waals surface area contributed by atoms with E-state index >= 15 is 0 Å². The molecule has 2 N–H and O–H groups in total. The van der Waals surface area contributed by atoms with Crippen LogP contribution < -0.4 is 5.73 Å². The number of thiophene rings is 1. The molecule has 0 bridgehead atoms. The van der Waals surface area contributed by atoms with Gasteiger partial charge in [-0.15, -0.1) is 0 Å². The van der Waals surface area contributed by atoms with Crippen LogP contribution in [-0.2, 0) is 0 Å². The van der Waals surface area contributed by atoms with E-state index in [2.05, 4.69) is 0 Å². The highest BCUT2D eigenvalue weighted by Gasteiger charge is 2.29. The van der Waals surface area contributed by atoms with Crippen molar-refractivity contribution in [1.82, 2.24) is 0 Å². The first-order chi connectivity index (χ1) is 8.45. The normalized spacial score (nSPS) is 12.8. The Morgan fingerprint density at radius 3 is 1.83 bits per heavy atom. The Morgan fingerprint density at radius 1 is 0.889 bits per heavy atom. The number of hydrogen-bond acceptors (Lipinski definition) is 2. The molecule has 0 aliphatic carbocycles. The average molecular weight is 279 g/mol. The van der Waals surface area contributed by atoms with Gasteiger partial charge < -0.3 is 5.73 Å². The van der Waals surface area contributed by atoms with Gasteiger partial charge in [-0.1, -0.05) is 0 Å². The quantitative estimate of drug-likeness (QED) is 0.508. The predicted octanol–water partition coefficient (Wildman–Crippen LogP) is 3.49. The monoisotopic (exact) mass is 279 g/mol. The highest BCUT2D eigenvalue weighted by molar-refractivity contribution is 7.08. The number of nitrogens with two attached hydrogens (primary N) is 1. The fourth-order valence-corrected chi connectivity index (χ4v) is 2.21. The van der Waals surface area contributed by atoms with Crippen molar-refractivity contribution in [3.8, 4) is 0 Å². The molecule has 0 radical (unpaired) electrons. The van der Waals surface area contributed by atoms with E-state index in [0.29, 0.717) is 0 Å². The van der Waals surface area contributed by atoms with Crippen LogP contribution in [0.2, 0.25) is 0 Å². The van der Waals surface area contributed by atoms with Crippen molar-refractivity contribution < 1.29 is 22.0 Å². The van der Waals surface area contributed by atoms with E-state index in [4.69, 9.17) is 5.73 Å². The van der Waals surface area contributed by atoms with E-state index in [1.54, 1.807) is 5.38 Å². The molecule has 0 spiro atoms. The summed E-state index contributed by atoms with van der Waals surface area (Å²) in [7, 11) is 0. The smallest absolute Gasteiger partial charge is 0.200 e. The molecule has 0 saturated carbocycles. The van der Waals surface area contributed by atoms with Crippen LogP contribution >= 0.6 is 11.3 Å². The number of benzene rings is 1. The van der Waals surface area contributed by atoms with Crippen LogP contribution in [0.15, 0.2) is 16.8 Å². The maximum absolute atomic E-state index is 13.4. The molecule has 2 aromatic rings. The SMILES string of the molecule is N[C@H](c1ccsc1)c1c(F)c(F)c(F)c(F)c1F. The standard InChI is InChI=1S/C11H6F5NS/c12-6-5(11(17)4-1-2-18-3-4)7(13)9(15)10(16)8(6)14/h1-3,11H,17H2/t11-/m1/s1. The minimum Gasteiger partial charge on any atom is -0.320 e. The van der Waals surface area contributed by atoms with Gasteiger partial charge in [0, 0.05) is 0 Å². The molecule has 0 saturated heterocycles. The van der Waals surface area contributed by atoms with E-state index in [1.807, 2.05) is 0 Å². The van der Waals surface area contributed by atoms with Crippen molar-refractivity contribution in [3.63, 3.8) is 0 Å². The van der Waals surface area contributed by atoms with Gasteiger partial charge in [0.1, 0.15) is 0 Å². The Morgan fingerprint density at radius 2 is 1.39 bits per heavy atom. The van der Waals surface area contributed by atoms with Gasteiger partial charge in [-0.05, 0) is 22.4 Å². The van der Waals surface area contributed by atoms with Crippen LogP contribution in [0.1, 0.15) is 17.2 Å². The molecule has 0 unspecified atom stereocenters. The molecule has 1 atom stereocenters. The molecule has 1 heterocycles. The third-order valence-corrected chi connectivity index (χ3v) is 3.16. The van der Waals surface area contributed by atoms with Gasteiger partial charge in [0.2, 0.25) is 5.82 Å². The second-order valence-corrected chi connectivity index (χ2v) is 4.30. The Kier molecular flexibility index (Phi) is 3.36. The topological polar surface area (TPSA) is 26.0 Å². The Balaban J connectivity index is 2.65. The van der Waals surface area contributed by atoms with E-state index in [0.717, 1.165) is 0 Å². The molecule has 0 aliphatic rings. The zero-order valence-corrected chi connectivity index (χ0v) is 9.50. The third kappa shape index (κ3) is 1.89. The summed E-state index contributed by atoms with van der Waals surface area (Å²) in [6.07, 6.45) is 0. The molecule has 96 valence electrons. The first-order valence-electron chi connectivity index (χ1n) is 4.74. The zero-order valence-electron chi connectivity index (χ0n) is 8.68. The molecule has 1 aromatic carbocycles. The molecule has 1 aromatic heterocycles. The molecule has 18 heavy (non-hydrogen) atoms. The third-order valence-electron chi connectivity index (χ3n) is 2.46. The van der Waals surface area contributed by atoms with Crippen molar-refractivity contribution in [3.05, 3.63) is 57.0 Å². The van der Waals surface area contributed by atoms with E-state index in [1.165, 1.54) is 22.8 Å². The molecular weight excluding hydrogens is 273 g/mol. The van der Waals surface area contributed by atoms with Gasteiger partial charge in [-0.2, -0.15) is 11.3 Å².